The molecule has 0 bridgehead atoms. The van der Waals surface area contributed by atoms with Crippen molar-refractivity contribution < 1.29 is 4.74 Å². The van der Waals surface area contributed by atoms with Gasteiger partial charge in [0.1, 0.15) is 12.4 Å². The Balaban J connectivity index is 1.84. The molecule has 0 atom stereocenters. The van der Waals surface area contributed by atoms with Crippen molar-refractivity contribution >= 4 is 17.4 Å². The molecule has 0 amide bonds. The minimum atomic E-state index is 0.581. The number of benzene rings is 2. The Morgan fingerprint density at radius 2 is 1.90 bits per heavy atom. The molecule has 0 radical (unpaired) electrons. The summed E-state index contributed by atoms with van der Waals surface area (Å²) in [6.07, 6.45) is 1.88. The molecule has 2 aromatic carbocycles. The van der Waals surface area contributed by atoms with E-state index >= 15 is 0 Å². The molecule has 0 saturated carbocycles. The summed E-state index contributed by atoms with van der Waals surface area (Å²) >= 11 is 1.69. The minimum Gasteiger partial charge on any atom is -0.489 e. The van der Waals surface area contributed by atoms with Gasteiger partial charge < -0.3 is 4.74 Å². The highest BCUT2D eigenvalue weighted by Crippen LogP contribution is 2.30. The summed E-state index contributed by atoms with van der Waals surface area (Å²) in [5, 5.41) is 4.23. The summed E-state index contributed by atoms with van der Waals surface area (Å²) in [5.74, 6) is 0.880. The van der Waals surface area contributed by atoms with E-state index in [1.54, 1.807) is 11.3 Å². The van der Waals surface area contributed by atoms with Crippen LogP contribution in [0.5, 0.6) is 5.75 Å². The highest BCUT2D eigenvalue weighted by molar-refractivity contribution is 7.08. The van der Waals surface area contributed by atoms with E-state index in [4.69, 9.17) is 4.74 Å². The summed E-state index contributed by atoms with van der Waals surface area (Å²) in [5.41, 5.74) is 4.67. The SMILES string of the molecule is C=Cc1ccc(OCc2ccccc2)cc1-c1ccsc1. The second-order valence-corrected chi connectivity index (χ2v) is 5.52. The normalized spacial score (nSPS) is 10.3. The van der Waals surface area contributed by atoms with Crippen LogP contribution in [0.4, 0.5) is 0 Å². The molecule has 0 spiro atoms. The average Bonchev–Trinajstić information content (AvgIpc) is 3.08. The van der Waals surface area contributed by atoms with Crippen LogP contribution in [0.15, 0.2) is 71.9 Å². The van der Waals surface area contributed by atoms with E-state index in [1.165, 1.54) is 11.1 Å². The maximum absolute atomic E-state index is 5.90. The Hall–Kier alpha value is -2.32. The van der Waals surface area contributed by atoms with Crippen LogP contribution in [0.3, 0.4) is 0 Å². The van der Waals surface area contributed by atoms with Crippen LogP contribution in [0.1, 0.15) is 11.1 Å². The molecule has 0 fully saturated rings. The summed E-state index contributed by atoms with van der Waals surface area (Å²) in [4.78, 5) is 0. The fraction of sp³-hybridized carbons (Fsp3) is 0.0526. The topological polar surface area (TPSA) is 9.23 Å². The van der Waals surface area contributed by atoms with E-state index in [9.17, 15) is 0 Å². The fourth-order valence-electron chi connectivity index (χ4n) is 2.21. The lowest BCUT2D eigenvalue weighted by molar-refractivity contribution is 0.306. The van der Waals surface area contributed by atoms with E-state index < -0.39 is 0 Å². The smallest absolute Gasteiger partial charge is 0.120 e. The molecule has 3 rings (SSSR count). The molecule has 21 heavy (non-hydrogen) atoms. The van der Waals surface area contributed by atoms with Gasteiger partial charge in [0, 0.05) is 0 Å². The zero-order chi connectivity index (χ0) is 14.5. The number of hydrogen-bond acceptors (Lipinski definition) is 2. The van der Waals surface area contributed by atoms with Crippen LogP contribution < -0.4 is 4.74 Å². The van der Waals surface area contributed by atoms with Crippen molar-refractivity contribution in [1.82, 2.24) is 0 Å². The van der Waals surface area contributed by atoms with E-state index in [1.807, 2.05) is 30.3 Å². The Labute approximate surface area is 129 Å². The summed E-state index contributed by atoms with van der Waals surface area (Å²) < 4.78 is 5.90. The van der Waals surface area contributed by atoms with Gasteiger partial charge in [-0.1, -0.05) is 49.1 Å². The number of thiophene rings is 1. The average molecular weight is 292 g/mol. The second-order valence-electron chi connectivity index (χ2n) is 4.74. The molecule has 0 unspecified atom stereocenters. The van der Waals surface area contributed by atoms with Gasteiger partial charge in [-0.25, -0.2) is 0 Å². The first-order chi connectivity index (χ1) is 10.4. The van der Waals surface area contributed by atoms with Crippen molar-refractivity contribution in [3.8, 4) is 16.9 Å². The molecule has 0 N–H and O–H groups in total. The maximum Gasteiger partial charge on any atom is 0.120 e. The quantitative estimate of drug-likeness (QED) is 0.591. The Morgan fingerprint density at radius 1 is 1.05 bits per heavy atom. The van der Waals surface area contributed by atoms with Crippen molar-refractivity contribution in [3.63, 3.8) is 0 Å². The Bertz CT molecular complexity index is 715. The van der Waals surface area contributed by atoms with Gasteiger partial charge in [0.2, 0.25) is 0 Å². The number of hydrogen-bond donors (Lipinski definition) is 0. The molecule has 104 valence electrons. The van der Waals surface area contributed by atoms with Gasteiger partial charge in [-0.2, -0.15) is 11.3 Å². The van der Waals surface area contributed by atoms with Crippen LogP contribution in [-0.4, -0.2) is 0 Å². The van der Waals surface area contributed by atoms with Crippen LogP contribution in [0, 0.1) is 0 Å². The van der Waals surface area contributed by atoms with Gasteiger partial charge >= 0.3 is 0 Å². The lowest BCUT2D eigenvalue weighted by atomic mass is 10.0. The molecule has 3 aromatic rings. The first-order valence-electron chi connectivity index (χ1n) is 6.82. The third-order valence-corrected chi connectivity index (χ3v) is 4.01. The minimum absolute atomic E-state index is 0.581. The molecule has 0 aliphatic carbocycles. The van der Waals surface area contributed by atoms with Crippen LogP contribution in [-0.2, 0) is 6.61 Å². The maximum atomic E-state index is 5.90. The standard InChI is InChI=1S/C19H16OS/c1-2-16-8-9-18(12-19(16)17-10-11-21-14-17)20-13-15-6-4-3-5-7-15/h2-12,14H,1,13H2. The molecule has 0 saturated heterocycles. The highest BCUT2D eigenvalue weighted by Gasteiger charge is 2.06. The Kier molecular flexibility index (Phi) is 4.17. The third kappa shape index (κ3) is 3.23. The van der Waals surface area contributed by atoms with Gasteiger partial charge in [0.15, 0.2) is 0 Å². The van der Waals surface area contributed by atoms with Gasteiger partial charge in [-0.3, -0.25) is 0 Å². The number of ether oxygens (including phenoxy) is 1. The number of rotatable bonds is 5. The van der Waals surface area contributed by atoms with Gasteiger partial charge in [-0.05, 0) is 51.2 Å². The van der Waals surface area contributed by atoms with Gasteiger partial charge in [-0.15, -0.1) is 0 Å². The lowest BCUT2D eigenvalue weighted by Gasteiger charge is -2.10. The van der Waals surface area contributed by atoms with Crippen LogP contribution in [0.2, 0.25) is 0 Å². The molecule has 0 aliphatic heterocycles. The molecule has 1 heterocycles. The van der Waals surface area contributed by atoms with Crippen LogP contribution in [0.25, 0.3) is 17.2 Å². The first-order valence-corrected chi connectivity index (χ1v) is 7.77. The third-order valence-electron chi connectivity index (χ3n) is 3.33. The van der Waals surface area contributed by atoms with Crippen molar-refractivity contribution in [1.29, 1.82) is 0 Å². The largest absolute Gasteiger partial charge is 0.489 e. The van der Waals surface area contributed by atoms with E-state index in [0.717, 1.165) is 16.9 Å². The van der Waals surface area contributed by atoms with E-state index in [2.05, 4.69) is 47.7 Å². The second kappa shape index (κ2) is 6.42. The van der Waals surface area contributed by atoms with Crippen molar-refractivity contribution in [2.45, 2.75) is 6.61 Å². The molecular formula is C19H16OS. The zero-order valence-electron chi connectivity index (χ0n) is 11.7. The molecule has 1 aromatic heterocycles. The summed E-state index contributed by atoms with van der Waals surface area (Å²) in [6, 6.07) is 18.4. The van der Waals surface area contributed by atoms with Crippen molar-refractivity contribution in [3.05, 3.63) is 83.1 Å². The molecule has 0 aliphatic rings. The zero-order valence-corrected chi connectivity index (χ0v) is 12.5. The highest BCUT2D eigenvalue weighted by atomic mass is 32.1. The Morgan fingerprint density at radius 3 is 2.62 bits per heavy atom. The van der Waals surface area contributed by atoms with E-state index in [0.29, 0.717) is 6.61 Å². The molecular weight excluding hydrogens is 276 g/mol. The van der Waals surface area contributed by atoms with Crippen LogP contribution >= 0.6 is 11.3 Å². The molecule has 2 heteroatoms. The summed E-state index contributed by atoms with van der Waals surface area (Å²) in [6.45, 7) is 4.47. The first kappa shape index (κ1) is 13.7. The van der Waals surface area contributed by atoms with Gasteiger partial charge in [0.25, 0.3) is 0 Å². The summed E-state index contributed by atoms with van der Waals surface area (Å²) in [7, 11) is 0. The van der Waals surface area contributed by atoms with E-state index in [-0.39, 0.29) is 0 Å². The predicted octanol–water partition coefficient (Wildman–Crippen LogP) is 5.64. The fourth-order valence-corrected chi connectivity index (χ4v) is 2.87. The van der Waals surface area contributed by atoms with Crippen molar-refractivity contribution in [2.75, 3.05) is 0 Å². The van der Waals surface area contributed by atoms with Gasteiger partial charge in [0.05, 0.1) is 0 Å². The molecule has 1 nitrogen and oxygen atoms in total. The predicted molar refractivity (Wildman–Crippen MR) is 90.6 cm³/mol. The van der Waals surface area contributed by atoms with Crippen molar-refractivity contribution in [2.24, 2.45) is 0 Å². The lowest BCUT2D eigenvalue weighted by Crippen LogP contribution is -1.95. The monoisotopic (exact) mass is 292 g/mol.